The summed E-state index contributed by atoms with van der Waals surface area (Å²) >= 11 is 0. The van der Waals surface area contributed by atoms with E-state index in [1.165, 1.54) is 25.0 Å². The molecule has 1 saturated heterocycles. The molecule has 1 aliphatic carbocycles. The van der Waals surface area contributed by atoms with Gasteiger partial charge in [-0.2, -0.15) is 0 Å². The maximum atomic E-state index is 5.21. The number of hydrogen-bond acceptors (Lipinski definition) is 3. The molecule has 0 amide bonds. The van der Waals surface area contributed by atoms with Crippen LogP contribution in [0, 0.1) is 5.41 Å². The largest absolute Gasteiger partial charge is 0.385 e. The number of rotatable bonds is 6. The van der Waals surface area contributed by atoms with Crippen molar-refractivity contribution in [1.82, 2.24) is 14.9 Å². The predicted molar refractivity (Wildman–Crippen MR) is 66.0 cm³/mol. The maximum Gasteiger partial charge on any atom is 0.0948 e. The molecule has 0 unspecified atom stereocenters. The monoisotopic (exact) mass is 235 g/mol. The number of aromatic nitrogens is 2. The summed E-state index contributed by atoms with van der Waals surface area (Å²) in [4.78, 5) is 4.32. The summed E-state index contributed by atoms with van der Waals surface area (Å²) in [5, 5.41) is 3.33. The van der Waals surface area contributed by atoms with E-state index in [-0.39, 0.29) is 0 Å². The Morgan fingerprint density at radius 3 is 2.94 bits per heavy atom. The zero-order valence-electron chi connectivity index (χ0n) is 10.5. The highest BCUT2D eigenvalue weighted by Gasteiger charge is 2.42. The fraction of sp³-hybridized carbons (Fsp3) is 0.769. The van der Waals surface area contributed by atoms with Gasteiger partial charge >= 0.3 is 0 Å². The third-order valence-electron chi connectivity index (χ3n) is 4.24. The topological polar surface area (TPSA) is 39.1 Å². The standard InChI is InChI=1S/C13H21N3O/c1-17-5-4-13(2-3-13)9-16-10-15-8-12(16)11-6-14-7-11/h8,10-11,14H,2-7,9H2,1H3. The first kappa shape index (κ1) is 11.2. The molecule has 2 fully saturated rings. The Morgan fingerprint density at radius 1 is 1.53 bits per heavy atom. The SMILES string of the molecule is COCCC1(Cn2cncc2C2CNC2)CC1. The summed E-state index contributed by atoms with van der Waals surface area (Å²) < 4.78 is 7.58. The summed E-state index contributed by atoms with van der Waals surface area (Å²) in [5.41, 5.74) is 1.91. The van der Waals surface area contributed by atoms with Crippen molar-refractivity contribution >= 4 is 0 Å². The van der Waals surface area contributed by atoms with E-state index in [1.54, 1.807) is 7.11 Å². The number of nitrogens with zero attached hydrogens (tertiary/aromatic N) is 2. The van der Waals surface area contributed by atoms with Crippen LogP contribution >= 0.6 is 0 Å². The molecule has 4 heteroatoms. The van der Waals surface area contributed by atoms with Gasteiger partial charge in [0.25, 0.3) is 0 Å². The zero-order valence-corrected chi connectivity index (χ0v) is 10.5. The molecular weight excluding hydrogens is 214 g/mol. The fourth-order valence-corrected chi connectivity index (χ4v) is 2.64. The number of hydrogen-bond donors (Lipinski definition) is 1. The van der Waals surface area contributed by atoms with Crippen molar-refractivity contribution in [2.24, 2.45) is 5.41 Å². The molecule has 2 heterocycles. The van der Waals surface area contributed by atoms with E-state index in [2.05, 4.69) is 14.9 Å². The fourth-order valence-electron chi connectivity index (χ4n) is 2.64. The van der Waals surface area contributed by atoms with E-state index < -0.39 is 0 Å². The van der Waals surface area contributed by atoms with E-state index in [0.29, 0.717) is 11.3 Å². The van der Waals surface area contributed by atoms with E-state index in [0.717, 1.165) is 26.2 Å². The third kappa shape index (κ3) is 2.24. The minimum Gasteiger partial charge on any atom is -0.385 e. The summed E-state index contributed by atoms with van der Waals surface area (Å²) in [6.45, 7) is 4.23. The minimum absolute atomic E-state index is 0.503. The van der Waals surface area contributed by atoms with Gasteiger partial charge in [0.2, 0.25) is 0 Å². The highest BCUT2D eigenvalue weighted by atomic mass is 16.5. The van der Waals surface area contributed by atoms with Gasteiger partial charge in [-0.15, -0.1) is 0 Å². The highest BCUT2D eigenvalue weighted by Crippen LogP contribution is 2.50. The Balaban J connectivity index is 1.66. The molecule has 0 radical (unpaired) electrons. The van der Waals surface area contributed by atoms with Crippen LogP contribution in [0.4, 0.5) is 0 Å². The molecular formula is C13H21N3O. The maximum absolute atomic E-state index is 5.21. The highest BCUT2D eigenvalue weighted by molar-refractivity contribution is 5.12. The van der Waals surface area contributed by atoms with Crippen molar-refractivity contribution in [3.63, 3.8) is 0 Å². The van der Waals surface area contributed by atoms with Gasteiger partial charge in [0.15, 0.2) is 0 Å². The van der Waals surface area contributed by atoms with Gasteiger partial charge in [-0.05, 0) is 24.7 Å². The molecule has 0 atom stereocenters. The third-order valence-corrected chi connectivity index (χ3v) is 4.24. The lowest BCUT2D eigenvalue weighted by Crippen LogP contribution is -2.41. The summed E-state index contributed by atoms with van der Waals surface area (Å²) in [6, 6.07) is 0. The van der Waals surface area contributed by atoms with Gasteiger partial charge in [0.05, 0.1) is 6.33 Å². The van der Waals surface area contributed by atoms with Crippen molar-refractivity contribution in [1.29, 1.82) is 0 Å². The molecule has 3 rings (SSSR count). The van der Waals surface area contributed by atoms with Crippen molar-refractivity contribution in [3.05, 3.63) is 18.2 Å². The molecule has 1 aromatic heterocycles. The second-order valence-corrected chi connectivity index (χ2v) is 5.54. The molecule has 0 spiro atoms. The van der Waals surface area contributed by atoms with Gasteiger partial charge in [0, 0.05) is 51.2 Å². The van der Waals surface area contributed by atoms with Gasteiger partial charge in [-0.25, -0.2) is 4.98 Å². The molecule has 4 nitrogen and oxygen atoms in total. The molecule has 0 aromatic carbocycles. The molecule has 17 heavy (non-hydrogen) atoms. The second-order valence-electron chi connectivity index (χ2n) is 5.54. The van der Waals surface area contributed by atoms with Crippen molar-refractivity contribution in [2.75, 3.05) is 26.8 Å². The molecule has 1 aliphatic heterocycles. The first-order chi connectivity index (χ1) is 8.33. The van der Waals surface area contributed by atoms with Crippen LogP contribution in [0.3, 0.4) is 0 Å². The van der Waals surface area contributed by atoms with Crippen LogP contribution in [0.2, 0.25) is 0 Å². The predicted octanol–water partition coefficient (Wildman–Crippen LogP) is 1.39. The quantitative estimate of drug-likeness (QED) is 0.810. The molecule has 1 aromatic rings. The lowest BCUT2D eigenvalue weighted by Gasteiger charge is -2.29. The average Bonchev–Trinajstić information content (AvgIpc) is 2.89. The molecule has 1 N–H and O–H groups in total. The minimum atomic E-state index is 0.503. The normalized spacial score (nSPS) is 22.4. The smallest absolute Gasteiger partial charge is 0.0948 e. The Bertz CT molecular complexity index is 380. The van der Waals surface area contributed by atoms with Crippen LogP contribution in [0.25, 0.3) is 0 Å². The van der Waals surface area contributed by atoms with E-state index in [4.69, 9.17) is 4.74 Å². The molecule has 94 valence electrons. The zero-order chi connectivity index (χ0) is 11.7. The van der Waals surface area contributed by atoms with E-state index >= 15 is 0 Å². The van der Waals surface area contributed by atoms with E-state index in [9.17, 15) is 0 Å². The van der Waals surface area contributed by atoms with Gasteiger partial charge in [-0.1, -0.05) is 0 Å². The number of ether oxygens (including phenoxy) is 1. The first-order valence-corrected chi connectivity index (χ1v) is 6.53. The van der Waals surface area contributed by atoms with Crippen LogP contribution in [-0.4, -0.2) is 36.4 Å². The van der Waals surface area contributed by atoms with Crippen molar-refractivity contribution in [2.45, 2.75) is 31.7 Å². The number of imidazole rings is 1. The molecule has 2 aliphatic rings. The first-order valence-electron chi connectivity index (χ1n) is 6.53. The van der Waals surface area contributed by atoms with Crippen LogP contribution in [0.15, 0.2) is 12.5 Å². The Hall–Kier alpha value is -0.870. The van der Waals surface area contributed by atoms with Crippen molar-refractivity contribution in [3.8, 4) is 0 Å². The Kier molecular flexibility index (Phi) is 2.92. The van der Waals surface area contributed by atoms with E-state index in [1.807, 2.05) is 12.5 Å². The summed E-state index contributed by atoms with van der Waals surface area (Å²) in [5.74, 6) is 0.677. The Morgan fingerprint density at radius 2 is 2.35 bits per heavy atom. The second kappa shape index (κ2) is 4.42. The van der Waals surface area contributed by atoms with Crippen LogP contribution in [0.5, 0.6) is 0 Å². The number of methoxy groups -OCH3 is 1. The molecule has 1 saturated carbocycles. The summed E-state index contributed by atoms with van der Waals surface area (Å²) in [7, 11) is 1.79. The van der Waals surface area contributed by atoms with Crippen LogP contribution in [0.1, 0.15) is 30.9 Å². The van der Waals surface area contributed by atoms with Crippen LogP contribution in [-0.2, 0) is 11.3 Å². The molecule has 0 bridgehead atoms. The summed E-state index contributed by atoms with van der Waals surface area (Å²) in [6.07, 6.45) is 7.91. The number of nitrogens with one attached hydrogen (secondary N) is 1. The Labute approximate surface area is 102 Å². The van der Waals surface area contributed by atoms with Gasteiger partial charge in [-0.3, -0.25) is 0 Å². The van der Waals surface area contributed by atoms with Crippen molar-refractivity contribution < 1.29 is 4.74 Å². The average molecular weight is 235 g/mol. The van der Waals surface area contributed by atoms with Crippen LogP contribution < -0.4 is 5.32 Å². The lowest BCUT2D eigenvalue weighted by molar-refractivity contribution is 0.166. The van der Waals surface area contributed by atoms with Gasteiger partial charge < -0.3 is 14.6 Å². The lowest BCUT2D eigenvalue weighted by atomic mass is 9.98. The van der Waals surface area contributed by atoms with Gasteiger partial charge in [0.1, 0.15) is 0 Å².